The zero-order valence-corrected chi connectivity index (χ0v) is 17.1. The van der Waals surface area contributed by atoms with Crippen molar-refractivity contribution in [3.8, 4) is 5.19 Å². The van der Waals surface area contributed by atoms with Crippen molar-refractivity contribution in [1.82, 2.24) is 15.2 Å². The third-order valence-electron chi connectivity index (χ3n) is 4.10. The van der Waals surface area contributed by atoms with E-state index >= 15 is 0 Å². The van der Waals surface area contributed by atoms with E-state index in [1.165, 1.54) is 11.3 Å². The number of hydrogen-bond donors (Lipinski definition) is 1. The lowest BCUT2D eigenvalue weighted by Gasteiger charge is -2.38. The summed E-state index contributed by atoms with van der Waals surface area (Å²) >= 11 is 7.14. The zero-order chi connectivity index (χ0) is 18.0. The van der Waals surface area contributed by atoms with E-state index < -0.39 is 8.32 Å². The topological polar surface area (TPSA) is 83.2 Å². The molecular formula is C15H23ClN4O2SSi. The Balaban J connectivity index is 2.19. The van der Waals surface area contributed by atoms with E-state index in [9.17, 15) is 0 Å². The molecule has 2 N–H and O–H groups in total. The fourth-order valence-electron chi connectivity index (χ4n) is 1.72. The largest absolute Gasteiger partial charge is 0.466 e. The second-order valence-electron chi connectivity index (χ2n) is 6.99. The van der Waals surface area contributed by atoms with Crippen LogP contribution in [0.1, 0.15) is 32.6 Å². The van der Waals surface area contributed by atoms with Crippen molar-refractivity contribution < 1.29 is 9.16 Å². The Kier molecular flexibility index (Phi) is 5.85. The molecular weight excluding hydrogens is 364 g/mol. The average Bonchev–Trinajstić information content (AvgIpc) is 2.89. The molecule has 6 nitrogen and oxygen atoms in total. The number of ether oxygens (including phenoxy) is 1. The highest BCUT2D eigenvalue weighted by Gasteiger charge is 2.40. The molecule has 0 fully saturated rings. The van der Waals surface area contributed by atoms with Crippen molar-refractivity contribution in [3.05, 3.63) is 29.0 Å². The van der Waals surface area contributed by atoms with E-state index in [-0.39, 0.29) is 17.7 Å². The molecule has 1 unspecified atom stereocenters. The van der Waals surface area contributed by atoms with Crippen LogP contribution in [0.15, 0.2) is 18.3 Å². The van der Waals surface area contributed by atoms with E-state index in [0.29, 0.717) is 15.3 Å². The Labute approximate surface area is 152 Å². The number of nitrogen functional groups attached to an aromatic ring is 1. The Morgan fingerprint density at radius 2 is 2.00 bits per heavy atom. The molecule has 2 heterocycles. The SMILES string of the molecule is CC(C)(C)[Si](C)(C)OC(COc1nnc(N)s1)c1ccc(Cl)cn1. The van der Waals surface area contributed by atoms with Crippen LogP contribution in [-0.4, -0.2) is 30.1 Å². The minimum absolute atomic E-state index is 0.0742. The minimum atomic E-state index is -2.01. The van der Waals surface area contributed by atoms with E-state index in [1.54, 1.807) is 12.3 Å². The predicted octanol–water partition coefficient (Wildman–Crippen LogP) is 4.31. The monoisotopic (exact) mass is 386 g/mol. The number of hydrogen-bond acceptors (Lipinski definition) is 7. The normalized spacial score (nSPS) is 13.8. The summed E-state index contributed by atoms with van der Waals surface area (Å²) < 4.78 is 12.2. The standard InChI is InChI=1S/C15H23ClN4O2SSi/c1-15(2,3)24(4,5)22-12(11-7-6-10(16)8-18-11)9-21-14-20-19-13(17)23-14/h6-8,12H,9H2,1-5H3,(H2,17,19). The van der Waals surface area contributed by atoms with Crippen molar-refractivity contribution in [1.29, 1.82) is 0 Å². The first kappa shape index (κ1) is 19.1. The first-order valence-electron chi connectivity index (χ1n) is 7.59. The van der Waals surface area contributed by atoms with Gasteiger partial charge < -0.3 is 14.9 Å². The minimum Gasteiger partial charge on any atom is -0.466 e. The highest BCUT2D eigenvalue weighted by Crippen LogP contribution is 2.39. The van der Waals surface area contributed by atoms with Gasteiger partial charge in [0.2, 0.25) is 5.13 Å². The maximum Gasteiger partial charge on any atom is 0.295 e. The molecule has 0 bridgehead atoms. The summed E-state index contributed by atoms with van der Waals surface area (Å²) in [4.78, 5) is 4.39. The molecule has 2 aromatic heterocycles. The Bertz CT molecular complexity index is 673. The van der Waals surface area contributed by atoms with Gasteiger partial charge in [-0.3, -0.25) is 4.98 Å². The molecule has 0 aliphatic carbocycles. The Hall–Kier alpha value is -1.22. The van der Waals surface area contributed by atoms with Crippen LogP contribution < -0.4 is 10.5 Å². The lowest BCUT2D eigenvalue weighted by molar-refractivity contribution is 0.111. The smallest absolute Gasteiger partial charge is 0.295 e. The lowest BCUT2D eigenvalue weighted by Crippen LogP contribution is -2.43. The van der Waals surface area contributed by atoms with Gasteiger partial charge in [-0.05, 0) is 41.6 Å². The quantitative estimate of drug-likeness (QED) is 0.744. The van der Waals surface area contributed by atoms with Gasteiger partial charge in [0.05, 0.1) is 10.7 Å². The van der Waals surface area contributed by atoms with Crippen molar-refractivity contribution in [3.63, 3.8) is 0 Å². The summed E-state index contributed by atoms with van der Waals surface area (Å²) in [6, 6.07) is 3.66. The predicted molar refractivity (Wildman–Crippen MR) is 100 cm³/mol. The second kappa shape index (κ2) is 7.34. The zero-order valence-electron chi connectivity index (χ0n) is 14.5. The first-order chi connectivity index (χ1) is 11.1. The Morgan fingerprint density at radius 3 is 2.50 bits per heavy atom. The van der Waals surface area contributed by atoms with E-state index in [4.69, 9.17) is 26.5 Å². The lowest BCUT2D eigenvalue weighted by atomic mass is 10.2. The van der Waals surface area contributed by atoms with E-state index in [1.807, 2.05) is 6.07 Å². The number of aromatic nitrogens is 3. The summed E-state index contributed by atoms with van der Waals surface area (Å²) in [6.07, 6.45) is 1.30. The molecule has 0 saturated heterocycles. The van der Waals surface area contributed by atoms with Gasteiger partial charge in [0.25, 0.3) is 5.19 Å². The molecule has 0 aliphatic heterocycles. The van der Waals surface area contributed by atoms with Gasteiger partial charge in [-0.1, -0.05) is 37.5 Å². The van der Waals surface area contributed by atoms with Crippen LogP contribution in [-0.2, 0) is 4.43 Å². The molecule has 0 saturated carbocycles. The Morgan fingerprint density at radius 1 is 1.29 bits per heavy atom. The fourth-order valence-corrected chi connectivity index (χ4v) is 3.55. The van der Waals surface area contributed by atoms with Gasteiger partial charge >= 0.3 is 0 Å². The number of rotatable bonds is 6. The van der Waals surface area contributed by atoms with E-state index in [0.717, 1.165) is 5.69 Å². The van der Waals surface area contributed by atoms with Crippen molar-refractivity contribution >= 4 is 36.4 Å². The number of anilines is 1. The highest BCUT2D eigenvalue weighted by atomic mass is 35.5. The second-order valence-corrected chi connectivity index (χ2v) is 13.1. The summed E-state index contributed by atoms with van der Waals surface area (Å²) in [5, 5.41) is 9.08. The molecule has 9 heteroatoms. The van der Waals surface area contributed by atoms with Crippen LogP contribution in [0.3, 0.4) is 0 Å². The van der Waals surface area contributed by atoms with Gasteiger partial charge in [0.15, 0.2) is 8.32 Å². The van der Waals surface area contributed by atoms with Gasteiger partial charge in [-0.25, -0.2) is 0 Å². The van der Waals surface area contributed by atoms with Crippen molar-refractivity contribution in [2.24, 2.45) is 0 Å². The maximum atomic E-state index is 6.49. The molecule has 0 radical (unpaired) electrons. The third-order valence-corrected chi connectivity index (χ3v) is 9.48. The molecule has 0 aliphatic rings. The van der Waals surface area contributed by atoms with Gasteiger partial charge in [0, 0.05) is 6.20 Å². The molecule has 0 spiro atoms. The molecule has 0 amide bonds. The highest BCUT2D eigenvalue weighted by molar-refractivity contribution is 7.16. The first-order valence-corrected chi connectivity index (χ1v) is 11.7. The summed E-state index contributed by atoms with van der Waals surface area (Å²) in [7, 11) is -2.01. The third kappa shape index (κ3) is 4.89. The molecule has 2 aromatic rings. The van der Waals surface area contributed by atoms with Crippen LogP contribution in [0.25, 0.3) is 0 Å². The number of nitrogens with zero attached hydrogens (tertiary/aromatic N) is 3. The number of halogens is 1. The van der Waals surface area contributed by atoms with Gasteiger partial charge in [-0.2, -0.15) is 0 Å². The van der Waals surface area contributed by atoms with Crippen LogP contribution in [0.4, 0.5) is 5.13 Å². The van der Waals surface area contributed by atoms with Crippen LogP contribution in [0.5, 0.6) is 5.19 Å². The fraction of sp³-hybridized carbons (Fsp3) is 0.533. The average molecular weight is 387 g/mol. The van der Waals surface area contributed by atoms with Crippen LogP contribution in [0.2, 0.25) is 23.2 Å². The van der Waals surface area contributed by atoms with Gasteiger partial charge in [0.1, 0.15) is 12.7 Å². The number of pyridine rings is 1. The van der Waals surface area contributed by atoms with E-state index in [2.05, 4.69) is 49.0 Å². The van der Waals surface area contributed by atoms with Crippen molar-refractivity contribution in [2.75, 3.05) is 12.3 Å². The maximum absolute atomic E-state index is 6.49. The summed E-state index contributed by atoms with van der Waals surface area (Å²) in [5.74, 6) is 0. The van der Waals surface area contributed by atoms with Crippen molar-refractivity contribution in [2.45, 2.75) is 45.0 Å². The number of nitrogens with two attached hydrogens (primary N) is 1. The summed E-state index contributed by atoms with van der Waals surface area (Å²) in [6.45, 7) is 11.3. The molecule has 2 rings (SSSR count). The summed E-state index contributed by atoms with van der Waals surface area (Å²) in [5.41, 5.74) is 6.36. The molecule has 132 valence electrons. The molecule has 0 aromatic carbocycles. The molecule has 1 atom stereocenters. The van der Waals surface area contributed by atoms with Crippen LogP contribution in [0, 0.1) is 0 Å². The van der Waals surface area contributed by atoms with Crippen LogP contribution >= 0.6 is 22.9 Å². The molecule has 24 heavy (non-hydrogen) atoms. The van der Waals surface area contributed by atoms with Gasteiger partial charge in [-0.15, -0.1) is 5.10 Å².